The van der Waals surface area contributed by atoms with Crippen LogP contribution in [0.5, 0.6) is 0 Å². The minimum Gasteiger partial charge on any atom is -0.449 e. The van der Waals surface area contributed by atoms with Crippen molar-refractivity contribution in [2.24, 2.45) is 0 Å². The highest BCUT2D eigenvalue weighted by atomic mass is 35.5. The maximum absolute atomic E-state index is 12.3. The van der Waals surface area contributed by atoms with Gasteiger partial charge in [-0.2, -0.15) is 5.26 Å². The Morgan fingerprint density at radius 3 is 2.50 bits per heavy atom. The number of ether oxygens (including phenoxy) is 1. The van der Waals surface area contributed by atoms with Crippen molar-refractivity contribution in [2.45, 2.75) is 13.0 Å². The lowest BCUT2D eigenvalue weighted by molar-refractivity contribution is -0.123. The van der Waals surface area contributed by atoms with Crippen molar-refractivity contribution in [3.05, 3.63) is 77.0 Å². The Morgan fingerprint density at radius 2 is 1.82 bits per heavy atom. The predicted octanol–water partition coefficient (Wildman–Crippen LogP) is 4.66. The number of esters is 1. The molecule has 0 aliphatic carbocycles. The largest absolute Gasteiger partial charge is 0.449 e. The van der Waals surface area contributed by atoms with Crippen LogP contribution in [0, 0.1) is 11.3 Å². The van der Waals surface area contributed by atoms with Gasteiger partial charge in [0.2, 0.25) is 5.76 Å². The molecule has 3 rings (SSSR count). The molecule has 1 atom stereocenters. The Bertz CT molecular complexity index is 1050. The first-order chi connectivity index (χ1) is 13.5. The van der Waals surface area contributed by atoms with Gasteiger partial charge in [0.1, 0.15) is 5.76 Å². The molecule has 1 amide bonds. The van der Waals surface area contributed by atoms with Gasteiger partial charge in [-0.05, 0) is 55.5 Å². The fourth-order valence-corrected chi connectivity index (χ4v) is 2.63. The summed E-state index contributed by atoms with van der Waals surface area (Å²) >= 11 is 6.12. The number of nitrogens with one attached hydrogen (secondary N) is 1. The molecule has 1 unspecified atom stereocenters. The zero-order valence-corrected chi connectivity index (χ0v) is 15.6. The molecule has 1 aromatic heterocycles. The average molecular weight is 395 g/mol. The first kappa shape index (κ1) is 19.2. The summed E-state index contributed by atoms with van der Waals surface area (Å²) in [5.41, 5.74) is 1.62. The topological polar surface area (TPSA) is 92.3 Å². The van der Waals surface area contributed by atoms with Gasteiger partial charge in [0, 0.05) is 11.3 Å². The number of amides is 1. The molecule has 0 radical (unpaired) electrons. The van der Waals surface area contributed by atoms with Crippen LogP contribution in [0.15, 0.2) is 65.1 Å². The number of anilines is 1. The number of halogens is 1. The number of nitrogens with zero attached hydrogens (tertiary/aromatic N) is 1. The van der Waals surface area contributed by atoms with Crippen LogP contribution < -0.4 is 5.32 Å². The summed E-state index contributed by atoms with van der Waals surface area (Å²) in [5.74, 6) is -0.878. The standard InChI is InChI=1S/C21H15ClN2O4/c1-13(20(25)24-15-8-6-14(12-23)7-9-15)27-21(26)19-11-10-18(28-19)16-4-2-3-5-17(16)22/h2-11,13H,1H3,(H,24,25). The van der Waals surface area contributed by atoms with E-state index in [4.69, 9.17) is 26.0 Å². The zero-order chi connectivity index (χ0) is 20.1. The lowest BCUT2D eigenvalue weighted by Gasteiger charge is -2.12. The van der Waals surface area contributed by atoms with Gasteiger partial charge in [0.25, 0.3) is 5.91 Å². The molecule has 0 saturated carbocycles. The van der Waals surface area contributed by atoms with Crippen molar-refractivity contribution in [3.8, 4) is 17.4 Å². The highest BCUT2D eigenvalue weighted by molar-refractivity contribution is 6.33. The molecule has 0 bridgehead atoms. The van der Waals surface area contributed by atoms with E-state index in [2.05, 4.69) is 5.32 Å². The number of nitriles is 1. The Morgan fingerprint density at radius 1 is 1.11 bits per heavy atom. The Kier molecular flexibility index (Phi) is 5.78. The highest BCUT2D eigenvalue weighted by Gasteiger charge is 2.22. The maximum Gasteiger partial charge on any atom is 0.375 e. The molecule has 0 spiro atoms. The van der Waals surface area contributed by atoms with Crippen LogP contribution in [0.1, 0.15) is 23.0 Å². The molecule has 0 aliphatic heterocycles. The first-order valence-electron chi connectivity index (χ1n) is 8.34. The lowest BCUT2D eigenvalue weighted by Crippen LogP contribution is -2.29. The second kappa shape index (κ2) is 8.42. The molecular weight excluding hydrogens is 380 g/mol. The molecule has 1 heterocycles. The number of furan rings is 1. The molecule has 0 aliphatic rings. The fourth-order valence-electron chi connectivity index (χ4n) is 2.40. The number of carbonyl (C=O) groups is 2. The summed E-state index contributed by atoms with van der Waals surface area (Å²) in [7, 11) is 0. The van der Waals surface area contributed by atoms with E-state index in [1.165, 1.54) is 13.0 Å². The number of benzene rings is 2. The third-order valence-electron chi connectivity index (χ3n) is 3.88. The van der Waals surface area contributed by atoms with Crippen molar-refractivity contribution in [1.82, 2.24) is 0 Å². The first-order valence-corrected chi connectivity index (χ1v) is 8.72. The second-order valence-electron chi connectivity index (χ2n) is 5.87. The number of hydrogen-bond acceptors (Lipinski definition) is 5. The van der Waals surface area contributed by atoms with E-state index in [-0.39, 0.29) is 5.76 Å². The molecule has 7 heteroatoms. The van der Waals surface area contributed by atoms with E-state index in [1.807, 2.05) is 6.07 Å². The molecule has 28 heavy (non-hydrogen) atoms. The van der Waals surface area contributed by atoms with Crippen molar-refractivity contribution >= 4 is 29.2 Å². The highest BCUT2D eigenvalue weighted by Crippen LogP contribution is 2.29. The molecular formula is C21H15ClN2O4. The van der Waals surface area contributed by atoms with Crippen LogP contribution in [-0.2, 0) is 9.53 Å². The number of carbonyl (C=O) groups excluding carboxylic acids is 2. The van der Waals surface area contributed by atoms with E-state index in [9.17, 15) is 9.59 Å². The van der Waals surface area contributed by atoms with Gasteiger partial charge in [-0.15, -0.1) is 0 Å². The minimum atomic E-state index is -1.04. The third kappa shape index (κ3) is 4.40. The molecule has 2 aromatic carbocycles. The van der Waals surface area contributed by atoms with Gasteiger partial charge >= 0.3 is 5.97 Å². The lowest BCUT2D eigenvalue weighted by atomic mass is 10.2. The normalized spacial score (nSPS) is 11.3. The van der Waals surface area contributed by atoms with E-state index < -0.39 is 18.0 Å². The monoisotopic (exact) mass is 394 g/mol. The summed E-state index contributed by atoms with van der Waals surface area (Å²) < 4.78 is 10.7. The summed E-state index contributed by atoms with van der Waals surface area (Å²) in [6, 6.07) is 18.5. The van der Waals surface area contributed by atoms with Crippen LogP contribution in [0.4, 0.5) is 5.69 Å². The fraction of sp³-hybridized carbons (Fsp3) is 0.0952. The van der Waals surface area contributed by atoms with Crippen molar-refractivity contribution in [3.63, 3.8) is 0 Å². The Hall–Kier alpha value is -3.56. The summed E-state index contributed by atoms with van der Waals surface area (Å²) in [6.07, 6.45) is -1.04. The summed E-state index contributed by atoms with van der Waals surface area (Å²) in [6.45, 7) is 1.45. The van der Waals surface area contributed by atoms with Crippen molar-refractivity contribution in [2.75, 3.05) is 5.32 Å². The molecule has 6 nitrogen and oxygen atoms in total. The number of hydrogen-bond donors (Lipinski definition) is 1. The molecule has 0 fully saturated rings. The van der Waals surface area contributed by atoms with E-state index >= 15 is 0 Å². The van der Waals surface area contributed by atoms with Crippen molar-refractivity contribution in [1.29, 1.82) is 5.26 Å². The van der Waals surface area contributed by atoms with Crippen LogP contribution >= 0.6 is 11.6 Å². The average Bonchev–Trinajstić information content (AvgIpc) is 3.19. The van der Waals surface area contributed by atoms with Crippen LogP contribution in [-0.4, -0.2) is 18.0 Å². The van der Waals surface area contributed by atoms with Crippen LogP contribution in [0.2, 0.25) is 5.02 Å². The smallest absolute Gasteiger partial charge is 0.375 e. The van der Waals surface area contributed by atoms with Gasteiger partial charge in [-0.3, -0.25) is 4.79 Å². The van der Waals surface area contributed by atoms with Gasteiger partial charge in [-0.25, -0.2) is 4.79 Å². The van der Waals surface area contributed by atoms with E-state index in [0.29, 0.717) is 27.6 Å². The SMILES string of the molecule is CC(OC(=O)c1ccc(-c2ccccc2Cl)o1)C(=O)Nc1ccc(C#N)cc1. The molecule has 1 N–H and O–H groups in total. The van der Waals surface area contributed by atoms with E-state index in [1.54, 1.807) is 54.6 Å². The summed E-state index contributed by atoms with van der Waals surface area (Å²) in [4.78, 5) is 24.5. The van der Waals surface area contributed by atoms with E-state index in [0.717, 1.165) is 0 Å². The Balaban J connectivity index is 1.63. The van der Waals surface area contributed by atoms with Crippen molar-refractivity contribution < 1.29 is 18.7 Å². The van der Waals surface area contributed by atoms with Gasteiger partial charge in [0.05, 0.1) is 16.7 Å². The Labute approximate surface area is 166 Å². The third-order valence-corrected chi connectivity index (χ3v) is 4.21. The number of rotatable bonds is 5. The van der Waals surface area contributed by atoms with Gasteiger partial charge < -0.3 is 14.5 Å². The van der Waals surface area contributed by atoms with Gasteiger partial charge in [-0.1, -0.05) is 23.7 Å². The summed E-state index contributed by atoms with van der Waals surface area (Å²) in [5, 5.41) is 11.9. The van der Waals surface area contributed by atoms with Crippen LogP contribution in [0.3, 0.4) is 0 Å². The second-order valence-corrected chi connectivity index (χ2v) is 6.28. The molecule has 140 valence electrons. The molecule has 3 aromatic rings. The predicted molar refractivity (Wildman–Crippen MR) is 104 cm³/mol. The molecule has 0 saturated heterocycles. The van der Waals surface area contributed by atoms with Crippen LogP contribution in [0.25, 0.3) is 11.3 Å². The zero-order valence-electron chi connectivity index (χ0n) is 14.8. The van der Waals surface area contributed by atoms with Gasteiger partial charge in [0.15, 0.2) is 6.10 Å². The quantitative estimate of drug-likeness (QED) is 0.635. The maximum atomic E-state index is 12.3. The minimum absolute atomic E-state index is 0.0343.